The van der Waals surface area contributed by atoms with Crippen LogP contribution in [-0.4, -0.2) is 49.2 Å². The topological polar surface area (TPSA) is 71.0 Å². The second-order valence-electron chi connectivity index (χ2n) is 4.70. The largest absolute Gasteiger partial charge is 0.497 e. The minimum absolute atomic E-state index is 0.232. The van der Waals surface area contributed by atoms with Crippen LogP contribution in [-0.2, 0) is 0 Å². The van der Waals surface area contributed by atoms with Crippen molar-refractivity contribution in [2.45, 2.75) is 32.0 Å². The van der Waals surface area contributed by atoms with Crippen LogP contribution in [0.2, 0.25) is 0 Å². The van der Waals surface area contributed by atoms with Gasteiger partial charge in [-0.2, -0.15) is 0 Å². The lowest BCUT2D eigenvalue weighted by Gasteiger charge is -2.14. The SMILES string of the molecule is CCC(O)CCNCC(O)COc1ccc(OC)cc1. The summed E-state index contributed by atoms with van der Waals surface area (Å²) in [6.45, 7) is 3.32. The molecule has 0 aromatic heterocycles. The highest BCUT2D eigenvalue weighted by Crippen LogP contribution is 2.16. The maximum atomic E-state index is 9.76. The summed E-state index contributed by atoms with van der Waals surface area (Å²) in [5.41, 5.74) is 0. The molecule has 2 atom stereocenters. The van der Waals surface area contributed by atoms with Crippen LogP contribution in [0.15, 0.2) is 24.3 Å². The van der Waals surface area contributed by atoms with Crippen molar-refractivity contribution in [1.82, 2.24) is 5.32 Å². The van der Waals surface area contributed by atoms with Gasteiger partial charge in [-0.1, -0.05) is 6.92 Å². The molecule has 0 heterocycles. The number of ether oxygens (including phenoxy) is 2. The van der Waals surface area contributed by atoms with Crippen LogP contribution in [0.1, 0.15) is 19.8 Å². The van der Waals surface area contributed by atoms with Gasteiger partial charge in [-0.15, -0.1) is 0 Å². The van der Waals surface area contributed by atoms with Gasteiger partial charge in [0, 0.05) is 6.54 Å². The van der Waals surface area contributed by atoms with Crippen molar-refractivity contribution in [3.05, 3.63) is 24.3 Å². The van der Waals surface area contributed by atoms with Crippen LogP contribution in [0.4, 0.5) is 0 Å². The van der Waals surface area contributed by atoms with Crippen molar-refractivity contribution in [3.63, 3.8) is 0 Å². The molecular formula is C15H25NO4. The van der Waals surface area contributed by atoms with Gasteiger partial charge in [-0.3, -0.25) is 0 Å². The normalized spacial score (nSPS) is 13.8. The van der Waals surface area contributed by atoms with E-state index in [2.05, 4.69) is 5.32 Å². The Balaban J connectivity index is 2.14. The Morgan fingerprint density at radius 1 is 1.10 bits per heavy atom. The van der Waals surface area contributed by atoms with E-state index < -0.39 is 6.10 Å². The molecule has 0 aliphatic rings. The average molecular weight is 283 g/mol. The van der Waals surface area contributed by atoms with Crippen molar-refractivity contribution in [1.29, 1.82) is 0 Å². The molecule has 5 heteroatoms. The predicted octanol–water partition coefficient (Wildman–Crippen LogP) is 1.19. The first kappa shape index (κ1) is 16.8. The number of aliphatic hydroxyl groups excluding tert-OH is 2. The molecule has 0 spiro atoms. The van der Waals surface area contributed by atoms with Gasteiger partial charge in [0.1, 0.15) is 24.2 Å². The van der Waals surface area contributed by atoms with Gasteiger partial charge in [0.2, 0.25) is 0 Å². The zero-order chi connectivity index (χ0) is 14.8. The van der Waals surface area contributed by atoms with Gasteiger partial charge < -0.3 is 25.0 Å². The third-order valence-electron chi connectivity index (χ3n) is 3.01. The number of benzene rings is 1. The molecule has 0 saturated carbocycles. The Hall–Kier alpha value is -1.30. The quantitative estimate of drug-likeness (QED) is 0.563. The predicted molar refractivity (Wildman–Crippen MR) is 78.3 cm³/mol. The van der Waals surface area contributed by atoms with E-state index in [1.54, 1.807) is 19.2 Å². The summed E-state index contributed by atoms with van der Waals surface area (Å²) in [6, 6.07) is 7.23. The smallest absolute Gasteiger partial charge is 0.119 e. The summed E-state index contributed by atoms with van der Waals surface area (Å²) in [5, 5.41) is 22.2. The van der Waals surface area contributed by atoms with Crippen molar-refractivity contribution < 1.29 is 19.7 Å². The molecule has 0 aliphatic carbocycles. The van der Waals surface area contributed by atoms with Crippen LogP contribution in [0.25, 0.3) is 0 Å². The van der Waals surface area contributed by atoms with E-state index in [-0.39, 0.29) is 12.7 Å². The van der Waals surface area contributed by atoms with Crippen LogP contribution >= 0.6 is 0 Å². The third-order valence-corrected chi connectivity index (χ3v) is 3.01. The molecule has 0 fully saturated rings. The van der Waals surface area contributed by atoms with Crippen LogP contribution in [0, 0.1) is 0 Å². The Kier molecular flexibility index (Phi) is 8.02. The molecular weight excluding hydrogens is 258 g/mol. The highest BCUT2D eigenvalue weighted by Gasteiger charge is 2.06. The summed E-state index contributed by atoms with van der Waals surface area (Å²) in [7, 11) is 1.61. The summed E-state index contributed by atoms with van der Waals surface area (Å²) < 4.78 is 10.5. The fourth-order valence-corrected chi connectivity index (χ4v) is 1.66. The molecule has 1 aromatic rings. The summed E-state index contributed by atoms with van der Waals surface area (Å²) in [4.78, 5) is 0. The Morgan fingerprint density at radius 3 is 2.35 bits per heavy atom. The van der Waals surface area contributed by atoms with Gasteiger partial charge in [-0.25, -0.2) is 0 Å². The van der Waals surface area contributed by atoms with E-state index in [1.807, 2.05) is 19.1 Å². The number of hydrogen-bond donors (Lipinski definition) is 3. The first-order chi connectivity index (χ1) is 9.65. The fourth-order valence-electron chi connectivity index (χ4n) is 1.66. The lowest BCUT2D eigenvalue weighted by molar-refractivity contribution is 0.104. The lowest BCUT2D eigenvalue weighted by Crippen LogP contribution is -2.33. The third kappa shape index (κ3) is 6.75. The number of methoxy groups -OCH3 is 1. The molecule has 2 unspecified atom stereocenters. The van der Waals surface area contributed by atoms with E-state index in [9.17, 15) is 10.2 Å². The molecule has 114 valence electrons. The average Bonchev–Trinajstić information content (AvgIpc) is 2.49. The molecule has 0 bridgehead atoms. The standard InChI is InChI=1S/C15H25NO4/c1-3-12(17)8-9-16-10-13(18)11-20-15-6-4-14(19-2)5-7-15/h4-7,12-13,16-18H,3,8-11H2,1-2H3. The second-order valence-corrected chi connectivity index (χ2v) is 4.70. The number of nitrogens with one attached hydrogen (secondary N) is 1. The van der Waals surface area contributed by atoms with Crippen LogP contribution in [0.3, 0.4) is 0 Å². The lowest BCUT2D eigenvalue weighted by atomic mass is 10.2. The maximum Gasteiger partial charge on any atom is 0.119 e. The van der Waals surface area contributed by atoms with Crippen LogP contribution < -0.4 is 14.8 Å². The minimum Gasteiger partial charge on any atom is -0.497 e. The van der Waals surface area contributed by atoms with E-state index in [1.165, 1.54) is 0 Å². The fraction of sp³-hybridized carbons (Fsp3) is 0.600. The number of hydrogen-bond acceptors (Lipinski definition) is 5. The molecule has 1 rings (SSSR count). The molecule has 20 heavy (non-hydrogen) atoms. The Bertz CT molecular complexity index is 355. The first-order valence-corrected chi connectivity index (χ1v) is 6.99. The van der Waals surface area contributed by atoms with Crippen molar-refractivity contribution in [3.8, 4) is 11.5 Å². The Morgan fingerprint density at radius 2 is 1.75 bits per heavy atom. The molecule has 0 saturated heterocycles. The van der Waals surface area contributed by atoms with Crippen LogP contribution in [0.5, 0.6) is 11.5 Å². The Labute approximate surface area is 120 Å². The molecule has 0 amide bonds. The highest BCUT2D eigenvalue weighted by molar-refractivity contribution is 5.31. The molecule has 0 aliphatic heterocycles. The zero-order valence-corrected chi connectivity index (χ0v) is 12.2. The molecule has 1 aromatic carbocycles. The number of rotatable bonds is 10. The molecule has 3 N–H and O–H groups in total. The van der Waals surface area contributed by atoms with Crippen molar-refractivity contribution in [2.75, 3.05) is 26.8 Å². The minimum atomic E-state index is -0.573. The van der Waals surface area contributed by atoms with Gasteiger partial charge >= 0.3 is 0 Å². The summed E-state index contributed by atoms with van der Waals surface area (Å²) in [6.07, 6.45) is 0.610. The van der Waals surface area contributed by atoms with Gasteiger partial charge in [0.05, 0.1) is 13.2 Å². The highest BCUT2D eigenvalue weighted by atomic mass is 16.5. The second kappa shape index (κ2) is 9.58. The first-order valence-electron chi connectivity index (χ1n) is 6.99. The van der Waals surface area contributed by atoms with E-state index in [0.29, 0.717) is 25.3 Å². The van der Waals surface area contributed by atoms with Crippen molar-refractivity contribution >= 4 is 0 Å². The van der Waals surface area contributed by atoms with Gasteiger partial charge in [0.15, 0.2) is 0 Å². The summed E-state index contributed by atoms with van der Waals surface area (Å²) >= 11 is 0. The maximum absolute atomic E-state index is 9.76. The number of aliphatic hydroxyl groups is 2. The van der Waals surface area contributed by atoms with Gasteiger partial charge in [-0.05, 0) is 43.7 Å². The van der Waals surface area contributed by atoms with E-state index >= 15 is 0 Å². The van der Waals surface area contributed by atoms with Crippen molar-refractivity contribution in [2.24, 2.45) is 0 Å². The summed E-state index contributed by atoms with van der Waals surface area (Å²) in [5.74, 6) is 1.47. The van der Waals surface area contributed by atoms with E-state index in [0.717, 1.165) is 12.2 Å². The van der Waals surface area contributed by atoms with E-state index in [4.69, 9.17) is 9.47 Å². The zero-order valence-electron chi connectivity index (χ0n) is 12.2. The molecule has 5 nitrogen and oxygen atoms in total. The van der Waals surface area contributed by atoms with Gasteiger partial charge in [0.25, 0.3) is 0 Å². The monoisotopic (exact) mass is 283 g/mol. The molecule has 0 radical (unpaired) electrons.